The minimum atomic E-state index is 0.291. The van der Waals surface area contributed by atoms with Crippen molar-refractivity contribution in [2.45, 2.75) is 46.0 Å². The van der Waals surface area contributed by atoms with Gasteiger partial charge in [-0.1, -0.05) is 13.8 Å². The highest BCUT2D eigenvalue weighted by Crippen LogP contribution is 2.03. The van der Waals surface area contributed by atoms with Crippen LogP contribution in [0.4, 0.5) is 0 Å². The molecule has 0 aliphatic rings. The number of amides is 1. The number of hydrogen-bond donors (Lipinski definition) is 0. The van der Waals surface area contributed by atoms with Gasteiger partial charge in [-0.2, -0.15) is 0 Å². The second-order valence-electron chi connectivity index (χ2n) is 3.53. The lowest BCUT2D eigenvalue weighted by atomic mass is 10.2. The van der Waals surface area contributed by atoms with Gasteiger partial charge in [-0.15, -0.1) is 11.6 Å². The molecule has 0 saturated carbocycles. The van der Waals surface area contributed by atoms with Crippen LogP contribution in [0.2, 0.25) is 0 Å². The summed E-state index contributed by atoms with van der Waals surface area (Å²) in [4.78, 5) is 13.6. The molecule has 3 heteroatoms. The third-order valence-electron chi connectivity index (χ3n) is 2.11. The molecule has 14 heavy (non-hydrogen) atoms. The van der Waals surface area contributed by atoms with Gasteiger partial charge in [0.1, 0.15) is 0 Å². The maximum atomic E-state index is 11.7. The van der Waals surface area contributed by atoms with Crippen molar-refractivity contribution in [2.24, 2.45) is 0 Å². The van der Waals surface area contributed by atoms with Gasteiger partial charge in [-0.25, -0.2) is 0 Å². The van der Waals surface area contributed by atoms with Crippen molar-refractivity contribution in [3.8, 4) is 0 Å². The van der Waals surface area contributed by atoms with Crippen LogP contribution in [0.3, 0.4) is 0 Å². The lowest BCUT2D eigenvalue weighted by Gasteiger charge is -2.21. The molecule has 0 radical (unpaired) electrons. The van der Waals surface area contributed by atoms with Crippen molar-refractivity contribution in [1.82, 2.24) is 4.90 Å². The van der Waals surface area contributed by atoms with Crippen molar-refractivity contribution in [3.63, 3.8) is 0 Å². The second kappa shape index (κ2) is 9.32. The zero-order valence-electron chi connectivity index (χ0n) is 9.39. The number of alkyl halides is 1. The molecular formula is C11H22ClNO. The quantitative estimate of drug-likeness (QED) is 0.454. The van der Waals surface area contributed by atoms with E-state index in [0.717, 1.165) is 38.8 Å². The Hall–Kier alpha value is -0.240. The van der Waals surface area contributed by atoms with Crippen molar-refractivity contribution in [1.29, 1.82) is 0 Å². The van der Waals surface area contributed by atoms with Crippen LogP contribution in [0.1, 0.15) is 46.0 Å². The predicted octanol–water partition coefficient (Wildman–Crippen LogP) is 3.04. The standard InChI is InChI=1S/C11H22ClNO/c1-3-9-13(10-4-2)11(14)7-5-6-8-12/h3-10H2,1-2H3. The molecule has 0 heterocycles. The van der Waals surface area contributed by atoms with E-state index in [0.29, 0.717) is 18.2 Å². The lowest BCUT2D eigenvalue weighted by Crippen LogP contribution is -2.32. The molecule has 0 spiro atoms. The summed E-state index contributed by atoms with van der Waals surface area (Å²) >= 11 is 5.56. The Morgan fingerprint density at radius 3 is 2.14 bits per heavy atom. The van der Waals surface area contributed by atoms with E-state index in [2.05, 4.69) is 13.8 Å². The van der Waals surface area contributed by atoms with E-state index in [4.69, 9.17) is 11.6 Å². The van der Waals surface area contributed by atoms with Gasteiger partial charge in [0, 0.05) is 25.4 Å². The molecule has 0 rings (SSSR count). The summed E-state index contributed by atoms with van der Waals surface area (Å²) < 4.78 is 0. The number of nitrogens with zero attached hydrogens (tertiary/aromatic N) is 1. The Balaban J connectivity index is 3.76. The molecule has 0 aromatic heterocycles. The summed E-state index contributed by atoms with van der Waals surface area (Å²) in [6, 6.07) is 0. The Labute approximate surface area is 92.6 Å². The highest BCUT2D eigenvalue weighted by atomic mass is 35.5. The van der Waals surface area contributed by atoms with E-state index in [1.165, 1.54) is 0 Å². The number of carbonyl (C=O) groups is 1. The molecule has 0 aliphatic carbocycles. The number of carbonyl (C=O) groups excluding carboxylic acids is 1. The molecule has 0 unspecified atom stereocenters. The van der Waals surface area contributed by atoms with Crippen LogP contribution in [0.5, 0.6) is 0 Å². The molecule has 0 fully saturated rings. The SMILES string of the molecule is CCCN(CCC)C(=O)CCCCCl. The van der Waals surface area contributed by atoms with Crippen LogP contribution in [0.15, 0.2) is 0 Å². The topological polar surface area (TPSA) is 20.3 Å². The van der Waals surface area contributed by atoms with Gasteiger partial charge in [0.2, 0.25) is 5.91 Å². The third kappa shape index (κ3) is 6.25. The molecule has 84 valence electrons. The molecule has 0 atom stereocenters. The summed E-state index contributed by atoms with van der Waals surface area (Å²) in [5.41, 5.74) is 0. The molecule has 1 amide bonds. The Morgan fingerprint density at radius 1 is 1.14 bits per heavy atom. The number of halogens is 1. The zero-order chi connectivity index (χ0) is 10.8. The highest BCUT2D eigenvalue weighted by Gasteiger charge is 2.10. The summed E-state index contributed by atoms with van der Waals surface area (Å²) in [7, 11) is 0. The summed E-state index contributed by atoms with van der Waals surface area (Å²) in [6.07, 6.45) is 4.61. The second-order valence-corrected chi connectivity index (χ2v) is 3.90. The fourth-order valence-corrected chi connectivity index (χ4v) is 1.62. The van der Waals surface area contributed by atoms with Gasteiger partial charge in [0.15, 0.2) is 0 Å². The molecule has 0 N–H and O–H groups in total. The average molecular weight is 220 g/mol. The van der Waals surface area contributed by atoms with Gasteiger partial charge in [-0.05, 0) is 25.7 Å². The number of hydrogen-bond acceptors (Lipinski definition) is 1. The fourth-order valence-electron chi connectivity index (χ4n) is 1.43. The van der Waals surface area contributed by atoms with Crippen molar-refractivity contribution in [3.05, 3.63) is 0 Å². The van der Waals surface area contributed by atoms with Gasteiger partial charge >= 0.3 is 0 Å². The summed E-state index contributed by atoms with van der Waals surface area (Å²) in [5, 5.41) is 0. The van der Waals surface area contributed by atoms with E-state index in [1.807, 2.05) is 4.90 Å². The minimum Gasteiger partial charge on any atom is -0.343 e. The van der Waals surface area contributed by atoms with Crippen molar-refractivity contribution < 1.29 is 4.79 Å². The Bertz CT molecular complexity index is 144. The summed E-state index contributed by atoms with van der Waals surface area (Å²) in [5.74, 6) is 0.952. The van der Waals surface area contributed by atoms with Crippen LogP contribution in [0, 0.1) is 0 Å². The van der Waals surface area contributed by atoms with E-state index >= 15 is 0 Å². The van der Waals surface area contributed by atoms with Crippen LogP contribution in [0.25, 0.3) is 0 Å². The maximum Gasteiger partial charge on any atom is 0.222 e. The van der Waals surface area contributed by atoms with Gasteiger partial charge in [0.05, 0.1) is 0 Å². The first-order valence-electron chi connectivity index (χ1n) is 5.60. The van der Waals surface area contributed by atoms with Crippen molar-refractivity contribution >= 4 is 17.5 Å². The third-order valence-corrected chi connectivity index (χ3v) is 2.38. The molecule has 0 bridgehead atoms. The smallest absolute Gasteiger partial charge is 0.222 e. The zero-order valence-corrected chi connectivity index (χ0v) is 10.1. The van der Waals surface area contributed by atoms with Gasteiger partial charge < -0.3 is 4.90 Å². The number of rotatable bonds is 8. The molecule has 0 aromatic carbocycles. The van der Waals surface area contributed by atoms with Gasteiger partial charge in [0.25, 0.3) is 0 Å². The highest BCUT2D eigenvalue weighted by molar-refractivity contribution is 6.17. The fraction of sp³-hybridized carbons (Fsp3) is 0.909. The number of unbranched alkanes of at least 4 members (excludes halogenated alkanes) is 1. The van der Waals surface area contributed by atoms with E-state index in [1.54, 1.807) is 0 Å². The van der Waals surface area contributed by atoms with Crippen LogP contribution in [-0.4, -0.2) is 29.8 Å². The van der Waals surface area contributed by atoms with Crippen LogP contribution in [-0.2, 0) is 4.79 Å². The Morgan fingerprint density at radius 2 is 1.71 bits per heavy atom. The maximum absolute atomic E-state index is 11.7. The first-order chi connectivity index (χ1) is 6.76. The van der Waals surface area contributed by atoms with E-state index in [-0.39, 0.29) is 0 Å². The predicted molar refractivity (Wildman–Crippen MR) is 61.7 cm³/mol. The molecule has 0 aliphatic heterocycles. The summed E-state index contributed by atoms with van der Waals surface area (Å²) in [6.45, 7) is 6.00. The molecule has 0 aromatic rings. The molecular weight excluding hydrogens is 198 g/mol. The normalized spacial score (nSPS) is 10.2. The monoisotopic (exact) mass is 219 g/mol. The largest absolute Gasteiger partial charge is 0.343 e. The van der Waals surface area contributed by atoms with Crippen LogP contribution < -0.4 is 0 Å². The first-order valence-corrected chi connectivity index (χ1v) is 6.13. The van der Waals surface area contributed by atoms with E-state index < -0.39 is 0 Å². The first kappa shape index (κ1) is 13.8. The molecule has 0 saturated heterocycles. The van der Waals surface area contributed by atoms with Crippen molar-refractivity contribution in [2.75, 3.05) is 19.0 Å². The van der Waals surface area contributed by atoms with Crippen LogP contribution >= 0.6 is 11.6 Å². The lowest BCUT2D eigenvalue weighted by molar-refractivity contribution is -0.131. The average Bonchev–Trinajstić information content (AvgIpc) is 2.18. The molecule has 2 nitrogen and oxygen atoms in total. The minimum absolute atomic E-state index is 0.291. The Kier molecular flexibility index (Phi) is 9.16. The van der Waals surface area contributed by atoms with E-state index in [9.17, 15) is 4.79 Å². The van der Waals surface area contributed by atoms with Gasteiger partial charge in [-0.3, -0.25) is 4.79 Å².